The molecule has 62 valence electrons. The summed E-state index contributed by atoms with van der Waals surface area (Å²) in [6.45, 7) is 0. The van der Waals surface area contributed by atoms with Gasteiger partial charge in [0.25, 0.3) is 0 Å². The highest BCUT2D eigenvalue weighted by Gasteiger charge is 2.07. The van der Waals surface area contributed by atoms with Gasteiger partial charge in [0, 0.05) is 11.5 Å². The van der Waals surface area contributed by atoms with Crippen LogP contribution < -0.4 is 0 Å². The predicted molar refractivity (Wildman–Crippen MR) is 48.4 cm³/mol. The lowest BCUT2D eigenvalue weighted by atomic mass is 10.2. The van der Waals surface area contributed by atoms with E-state index in [0.717, 1.165) is 9.99 Å². The topological polar surface area (TPSA) is 17.8 Å². The SMILES string of the molecule is Cn1ncc2c(F)ccc(Br)c21. The first-order valence-electron chi connectivity index (χ1n) is 3.46. The lowest BCUT2D eigenvalue weighted by Crippen LogP contribution is -1.89. The van der Waals surface area contributed by atoms with Crippen molar-refractivity contribution in [3.63, 3.8) is 0 Å². The number of halogens is 2. The summed E-state index contributed by atoms with van der Waals surface area (Å²) in [7, 11) is 1.78. The molecule has 4 heteroatoms. The van der Waals surface area contributed by atoms with Crippen molar-refractivity contribution in [1.82, 2.24) is 9.78 Å². The number of nitrogens with zero attached hydrogens (tertiary/aromatic N) is 2. The molecule has 0 saturated heterocycles. The van der Waals surface area contributed by atoms with Crippen LogP contribution in [0.2, 0.25) is 0 Å². The molecule has 12 heavy (non-hydrogen) atoms. The van der Waals surface area contributed by atoms with Gasteiger partial charge in [-0.25, -0.2) is 4.39 Å². The van der Waals surface area contributed by atoms with Gasteiger partial charge in [0.05, 0.1) is 17.1 Å². The molecular weight excluding hydrogens is 223 g/mol. The molecule has 0 amide bonds. The van der Waals surface area contributed by atoms with E-state index in [4.69, 9.17) is 0 Å². The van der Waals surface area contributed by atoms with Crippen molar-refractivity contribution >= 4 is 26.8 Å². The monoisotopic (exact) mass is 228 g/mol. The molecule has 0 radical (unpaired) electrons. The molecule has 2 aromatic rings. The summed E-state index contributed by atoms with van der Waals surface area (Å²) in [6.07, 6.45) is 1.52. The van der Waals surface area contributed by atoms with Crippen LogP contribution in [-0.2, 0) is 7.05 Å². The Hall–Kier alpha value is -0.900. The van der Waals surface area contributed by atoms with Gasteiger partial charge in [0.15, 0.2) is 0 Å². The molecule has 1 aromatic heterocycles. The van der Waals surface area contributed by atoms with Crippen molar-refractivity contribution in [1.29, 1.82) is 0 Å². The molecule has 0 aliphatic carbocycles. The Labute approximate surface area is 77.1 Å². The summed E-state index contributed by atoms with van der Waals surface area (Å²) >= 11 is 3.33. The summed E-state index contributed by atoms with van der Waals surface area (Å²) in [6, 6.07) is 3.10. The highest BCUT2D eigenvalue weighted by atomic mass is 79.9. The van der Waals surface area contributed by atoms with Crippen LogP contribution in [0.3, 0.4) is 0 Å². The van der Waals surface area contributed by atoms with E-state index in [0.29, 0.717) is 5.39 Å². The zero-order valence-electron chi connectivity index (χ0n) is 6.38. The molecule has 1 heterocycles. The molecule has 0 atom stereocenters. The number of benzene rings is 1. The van der Waals surface area contributed by atoms with Gasteiger partial charge in [-0.1, -0.05) is 0 Å². The molecule has 0 N–H and O–H groups in total. The maximum atomic E-state index is 13.1. The van der Waals surface area contributed by atoms with Gasteiger partial charge in [-0.2, -0.15) is 5.10 Å². The number of hydrogen-bond acceptors (Lipinski definition) is 1. The fourth-order valence-corrected chi connectivity index (χ4v) is 1.81. The minimum Gasteiger partial charge on any atom is -0.267 e. The van der Waals surface area contributed by atoms with E-state index in [2.05, 4.69) is 21.0 Å². The second kappa shape index (κ2) is 2.55. The molecule has 0 aliphatic rings. The molecular formula is C8H6BrFN2. The Kier molecular flexibility index (Phi) is 1.65. The Morgan fingerprint density at radius 2 is 2.25 bits per heavy atom. The first kappa shape index (κ1) is 7.73. The Morgan fingerprint density at radius 3 is 2.92 bits per heavy atom. The first-order chi connectivity index (χ1) is 5.70. The molecule has 0 spiro atoms. The Morgan fingerprint density at radius 1 is 1.50 bits per heavy atom. The number of aryl methyl sites for hydroxylation is 1. The van der Waals surface area contributed by atoms with Crippen LogP contribution in [0, 0.1) is 5.82 Å². The summed E-state index contributed by atoms with van der Waals surface area (Å²) in [4.78, 5) is 0. The number of fused-ring (bicyclic) bond motifs is 1. The molecule has 0 saturated carbocycles. The summed E-state index contributed by atoms with van der Waals surface area (Å²) in [5.74, 6) is -0.235. The molecule has 2 rings (SSSR count). The summed E-state index contributed by atoms with van der Waals surface area (Å²) < 4.78 is 15.6. The van der Waals surface area contributed by atoms with Gasteiger partial charge >= 0.3 is 0 Å². The van der Waals surface area contributed by atoms with E-state index in [9.17, 15) is 4.39 Å². The van der Waals surface area contributed by atoms with Crippen molar-refractivity contribution in [2.45, 2.75) is 0 Å². The average molecular weight is 229 g/mol. The van der Waals surface area contributed by atoms with Crippen LogP contribution in [0.4, 0.5) is 4.39 Å². The van der Waals surface area contributed by atoms with Crippen molar-refractivity contribution in [2.24, 2.45) is 7.05 Å². The fraction of sp³-hybridized carbons (Fsp3) is 0.125. The molecule has 1 aromatic carbocycles. The Balaban J connectivity index is 2.98. The molecule has 0 bridgehead atoms. The van der Waals surface area contributed by atoms with E-state index in [1.807, 2.05) is 0 Å². The van der Waals surface area contributed by atoms with Crippen LogP contribution >= 0.6 is 15.9 Å². The van der Waals surface area contributed by atoms with E-state index in [1.54, 1.807) is 17.8 Å². The third-order valence-electron chi connectivity index (χ3n) is 1.80. The van der Waals surface area contributed by atoms with Crippen molar-refractivity contribution in [3.8, 4) is 0 Å². The molecule has 2 nitrogen and oxygen atoms in total. The zero-order valence-corrected chi connectivity index (χ0v) is 7.97. The lowest BCUT2D eigenvalue weighted by molar-refractivity contribution is 0.639. The van der Waals surface area contributed by atoms with Gasteiger partial charge in [-0.3, -0.25) is 4.68 Å². The number of rotatable bonds is 0. The average Bonchev–Trinajstić information content (AvgIpc) is 2.42. The van der Waals surface area contributed by atoms with Gasteiger partial charge < -0.3 is 0 Å². The standard InChI is InChI=1S/C8H6BrFN2/c1-12-8-5(4-11-12)7(10)3-2-6(8)9/h2-4H,1H3. The molecule has 0 aliphatic heterocycles. The Bertz CT molecular complexity index is 436. The quantitative estimate of drug-likeness (QED) is 0.678. The van der Waals surface area contributed by atoms with E-state index in [1.165, 1.54) is 12.3 Å². The minimum absolute atomic E-state index is 0.235. The zero-order chi connectivity index (χ0) is 8.72. The van der Waals surface area contributed by atoms with Crippen molar-refractivity contribution in [2.75, 3.05) is 0 Å². The largest absolute Gasteiger partial charge is 0.267 e. The summed E-state index contributed by atoms with van der Waals surface area (Å²) in [5.41, 5.74) is 0.787. The van der Waals surface area contributed by atoms with Gasteiger partial charge in [-0.05, 0) is 28.1 Å². The first-order valence-corrected chi connectivity index (χ1v) is 4.25. The smallest absolute Gasteiger partial charge is 0.134 e. The second-order valence-electron chi connectivity index (χ2n) is 2.56. The van der Waals surface area contributed by atoms with Crippen molar-refractivity contribution < 1.29 is 4.39 Å². The van der Waals surface area contributed by atoms with E-state index < -0.39 is 0 Å². The highest BCUT2D eigenvalue weighted by Crippen LogP contribution is 2.24. The fourth-order valence-electron chi connectivity index (χ4n) is 1.21. The van der Waals surface area contributed by atoms with Gasteiger partial charge in [-0.15, -0.1) is 0 Å². The van der Waals surface area contributed by atoms with Gasteiger partial charge in [0.1, 0.15) is 5.82 Å². The van der Waals surface area contributed by atoms with Crippen LogP contribution in [0.1, 0.15) is 0 Å². The number of hydrogen-bond donors (Lipinski definition) is 0. The van der Waals surface area contributed by atoms with Crippen LogP contribution in [-0.4, -0.2) is 9.78 Å². The molecule has 0 unspecified atom stereocenters. The maximum absolute atomic E-state index is 13.1. The van der Waals surface area contributed by atoms with Crippen LogP contribution in [0.5, 0.6) is 0 Å². The van der Waals surface area contributed by atoms with Crippen LogP contribution in [0.15, 0.2) is 22.8 Å². The summed E-state index contributed by atoms with van der Waals surface area (Å²) in [5, 5.41) is 4.51. The highest BCUT2D eigenvalue weighted by molar-refractivity contribution is 9.10. The van der Waals surface area contributed by atoms with E-state index in [-0.39, 0.29) is 5.82 Å². The third kappa shape index (κ3) is 0.948. The number of aromatic nitrogens is 2. The minimum atomic E-state index is -0.235. The predicted octanol–water partition coefficient (Wildman–Crippen LogP) is 2.47. The van der Waals surface area contributed by atoms with Crippen LogP contribution in [0.25, 0.3) is 10.9 Å². The normalized spacial score (nSPS) is 10.9. The second-order valence-corrected chi connectivity index (χ2v) is 3.41. The van der Waals surface area contributed by atoms with E-state index >= 15 is 0 Å². The van der Waals surface area contributed by atoms with Crippen molar-refractivity contribution in [3.05, 3.63) is 28.6 Å². The third-order valence-corrected chi connectivity index (χ3v) is 2.44. The maximum Gasteiger partial charge on any atom is 0.134 e. The molecule has 0 fully saturated rings. The van der Waals surface area contributed by atoms with Gasteiger partial charge in [0.2, 0.25) is 0 Å². The lowest BCUT2D eigenvalue weighted by Gasteiger charge is -1.97.